The number of nitrogens with one attached hydrogen (secondary N) is 2. The van der Waals surface area contributed by atoms with Gasteiger partial charge in [0.05, 0.1) is 29.5 Å². The second-order valence-corrected chi connectivity index (χ2v) is 7.12. The van der Waals surface area contributed by atoms with E-state index in [1.54, 1.807) is 24.4 Å². The molecule has 2 amide bonds. The predicted octanol–water partition coefficient (Wildman–Crippen LogP) is 3.38. The Morgan fingerprint density at radius 3 is 2.65 bits per heavy atom. The van der Waals surface area contributed by atoms with E-state index in [1.807, 2.05) is 0 Å². The highest BCUT2D eigenvalue weighted by Crippen LogP contribution is 2.30. The van der Waals surface area contributed by atoms with Crippen molar-refractivity contribution in [2.45, 2.75) is 19.6 Å². The number of halogens is 2. The van der Waals surface area contributed by atoms with E-state index in [0.717, 1.165) is 6.07 Å². The maximum absolute atomic E-state index is 12.6. The summed E-state index contributed by atoms with van der Waals surface area (Å²) in [4.78, 5) is 37.8. The Morgan fingerprint density at radius 2 is 1.97 bits per heavy atom. The molecule has 0 saturated carbocycles. The van der Waals surface area contributed by atoms with Crippen LogP contribution in [0.15, 0.2) is 53.0 Å². The maximum atomic E-state index is 12.6. The number of benzene rings is 1. The number of hydrogen-bond acceptors (Lipinski definition) is 7. The molecule has 1 atom stereocenters. The van der Waals surface area contributed by atoms with Crippen molar-refractivity contribution in [3.05, 3.63) is 63.5 Å². The van der Waals surface area contributed by atoms with Crippen molar-refractivity contribution in [3.63, 3.8) is 0 Å². The monoisotopic (exact) mass is 452 g/mol. The van der Waals surface area contributed by atoms with Crippen LogP contribution in [0.4, 0.5) is 13.6 Å². The molecule has 164 valence electrons. The van der Waals surface area contributed by atoms with E-state index in [-0.39, 0.29) is 29.2 Å². The van der Waals surface area contributed by atoms with Crippen LogP contribution >= 0.6 is 11.3 Å². The molecule has 0 bridgehead atoms. The lowest BCUT2D eigenvalue weighted by molar-refractivity contribution is -0.139. The topological polar surface area (TPSA) is 103 Å². The molecule has 8 nitrogen and oxygen atoms in total. The summed E-state index contributed by atoms with van der Waals surface area (Å²) in [6.07, 6.45) is 0. The molecule has 1 aromatic carbocycles. The average molecular weight is 452 g/mol. The number of thiophene rings is 1. The van der Waals surface area contributed by atoms with Crippen LogP contribution in [0.1, 0.15) is 28.2 Å². The lowest BCUT2D eigenvalue weighted by Gasteiger charge is -2.28. The molecule has 2 aromatic rings. The third-order valence-electron chi connectivity index (χ3n) is 4.12. The molecule has 1 aromatic heterocycles. The van der Waals surface area contributed by atoms with Crippen LogP contribution in [0.5, 0.6) is 5.75 Å². The maximum Gasteiger partial charge on any atom is 0.387 e. The SMILES string of the molecule is CCOC(=O)C1=C(COC(=O)c2cccc(OC(F)F)c2)NC(=O)N[C@@H]1c1cccs1. The zero-order valence-electron chi connectivity index (χ0n) is 16.2. The van der Waals surface area contributed by atoms with Crippen LogP contribution in [-0.2, 0) is 14.3 Å². The zero-order valence-corrected chi connectivity index (χ0v) is 17.0. The number of urea groups is 1. The molecule has 0 aliphatic carbocycles. The third kappa shape index (κ3) is 5.57. The summed E-state index contributed by atoms with van der Waals surface area (Å²) in [5, 5.41) is 6.92. The van der Waals surface area contributed by atoms with Crippen LogP contribution in [-0.4, -0.2) is 37.8 Å². The number of hydrogen-bond donors (Lipinski definition) is 2. The molecule has 11 heteroatoms. The van der Waals surface area contributed by atoms with Gasteiger partial charge in [0.25, 0.3) is 0 Å². The van der Waals surface area contributed by atoms with Gasteiger partial charge in [-0.15, -0.1) is 11.3 Å². The summed E-state index contributed by atoms with van der Waals surface area (Å²) in [6, 6.07) is 7.25. The Bertz CT molecular complexity index is 993. The third-order valence-corrected chi connectivity index (χ3v) is 5.06. The summed E-state index contributed by atoms with van der Waals surface area (Å²) < 4.78 is 39.4. The first kappa shape index (κ1) is 22.2. The van der Waals surface area contributed by atoms with Crippen LogP contribution in [0.25, 0.3) is 0 Å². The summed E-state index contributed by atoms with van der Waals surface area (Å²) in [6.45, 7) is -1.73. The van der Waals surface area contributed by atoms with Crippen molar-refractivity contribution in [1.82, 2.24) is 10.6 Å². The van der Waals surface area contributed by atoms with E-state index in [9.17, 15) is 23.2 Å². The van der Waals surface area contributed by atoms with Crippen LogP contribution in [0, 0.1) is 0 Å². The molecule has 2 N–H and O–H groups in total. The van der Waals surface area contributed by atoms with Crippen molar-refractivity contribution in [2.75, 3.05) is 13.2 Å². The van der Waals surface area contributed by atoms with E-state index in [0.29, 0.717) is 4.88 Å². The molecule has 0 unspecified atom stereocenters. The van der Waals surface area contributed by atoms with Gasteiger partial charge in [-0.2, -0.15) is 8.78 Å². The van der Waals surface area contributed by atoms with Crippen molar-refractivity contribution >= 4 is 29.3 Å². The number of rotatable bonds is 8. The molecular weight excluding hydrogens is 434 g/mol. The van der Waals surface area contributed by atoms with E-state index in [1.165, 1.54) is 29.5 Å². The van der Waals surface area contributed by atoms with Gasteiger partial charge in [-0.3, -0.25) is 0 Å². The van der Waals surface area contributed by atoms with Gasteiger partial charge in [0, 0.05) is 4.88 Å². The van der Waals surface area contributed by atoms with Gasteiger partial charge in [0.1, 0.15) is 12.4 Å². The van der Waals surface area contributed by atoms with Gasteiger partial charge < -0.3 is 24.8 Å². The summed E-state index contributed by atoms with van der Waals surface area (Å²) >= 11 is 1.33. The first-order chi connectivity index (χ1) is 14.9. The highest BCUT2D eigenvalue weighted by atomic mass is 32.1. The quantitative estimate of drug-likeness (QED) is 0.596. The molecule has 1 aliphatic heterocycles. The molecule has 0 saturated heterocycles. The normalized spacial score (nSPS) is 15.9. The van der Waals surface area contributed by atoms with Gasteiger partial charge in [-0.1, -0.05) is 12.1 Å². The van der Waals surface area contributed by atoms with E-state index in [2.05, 4.69) is 15.4 Å². The second kappa shape index (κ2) is 10.0. The largest absolute Gasteiger partial charge is 0.463 e. The van der Waals surface area contributed by atoms with Gasteiger partial charge in [-0.25, -0.2) is 14.4 Å². The molecule has 0 spiro atoms. The van der Waals surface area contributed by atoms with Crippen molar-refractivity contribution in [2.24, 2.45) is 0 Å². The number of alkyl halides is 2. The summed E-state index contributed by atoms with van der Waals surface area (Å²) in [5.74, 6) is -1.73. The number of esters is 2. The number of amides is 2. The average Bonchev–Trinajstić information content (AvgIpc) is 3.26. The number of carbonyl (C=O) groups excluding carboxylic acids is 3. The van der Waals surface area contributed by atoms with Crippen LogP contribution in [0.2, 0.25) is 0 Å². The zero-order chi connectivity index (χ0) is 22.4. The lowest BCUT2D eigenvalue weighted by atomic mass is 10.0. The fraction of sp³-hybridized carbons (Fsp3) is 0.250. The standard InChI is InChI=1S/C20H18F2N2O6S/c1-2-28-18(26)15-13(23-20(27)24-16(15)14-7-4-8-31-14)10-29-17(25)11-5-3-6-12(9-11)30-19(21)22/h3-9,16,19H,2,10H2,1H3,(H2,23,24,27)/t16-/m1/s1. The number of carbonyl (C=O) groups is 3. The van der Waals surface area contributed by atoms with Crippen molar-refractivity contribution < 1.29 is 37.4 Å². The first-order valence-corrected chi connectivity index (χ1v) is 10.00. The van der Waals surface area contributed by atoms with Gasteiger partial charge in [0.2, 0.25) is 0 Å². The minimum atomic E-state index is -3.04. The Hall–Kier alpha value is -3.47. The fourth-order valence-corrected chi connectivity index (χ4v) is 3.66. The minimum absolute atomic E-state index is 0.0356. The van der Waals surface area contributed by atoms with Gasteiger partial charge >= 0.3 is 24.6 Å². The van der Waals surface area contributed by atoms with Gasteiger partial charge in [0.15, 0.2) is 0 Å². The molecular formula is C20H18F2N2O6S. The van der Waals surface area contributed by atoms with E-state index < -0.39 is 37.2 Å². The Balaban J connectivity index is 1.84. The minimum Gasteiger partial charge on any atom is -0.463 e. The second-order valence-electron chi connectivity index (χ2n) is 6.14. The Kier molecular flexibility index (Phi) is 7.19. The lowest BCUT2D eigenvalue weighted by Crippen LogP contribution is -2.46. The molecule has 2 heterocycles. The molecule has 3 rings (SSSR count). The van der Waals surface area contributed by atoms with Crippen molar-refractivity contribution in [3.8, 4) is 5.75 Å². The molecule has 1 aliphatic rings. The summed E-state index contributed by atoms with van der Waals surface area (Å²) in [7, 11) is 0. The molecule has 0 fully saturated rings. The van der Waals surface area contributed by atoms with Crippen LogP contribution < -0.4 is 15.4 Å². The van der Waals surface area contributed by atoms with E-state index >= 15 is 0 Å². The molecule has 0 radical (unpaired) electrons. The smallest absolute Gasteiger partial charge is 0.387 e. The number of ether oxygens (including phenoxy) is 3. The van der Waals surface area contributed by atoms with E-state index in [4.69, 9.17) is 9.47 Å². The summed E-state index contributed by atoms with van der Waals surface area (Å²) in [5.41, 5.74) is 0.131. The Morgan fingerprint density at radius 1 is 1.16 bits per heavy atom. The van der Waals surface area contributed by atoms with Crippen LogP contribution in [0.3, 0.4) is 0 Å². The first-order valence-electron chi connectivity index (χ1n) is 9.12. The molecule has 31 heavy (non-hydrogen) atoms. The highest BCUT2D eigenvalue weighted by molar-refractivity contribution is 7.10. The fourth-order valence-electron chi connectivity index (χ4n) is 2.87. The highest BCUT2D eigenvalue weighted by Gasteiger charge is 2.34. The Labute approximate surface area is 179 Å². The van der Waals surface area contributed by atoms with Crippen molar-refractivity contribution in [1.29, 1.82) is 0 Å². The predicted molar refractivity (Wildman–Crippen MR) is 106 cm³/mol. The van der Waals surface area contributed by atoms with Gasteiger partial charge in [-0.05, 0) is 36.6 Å².